The Morgan fingerprint density at radius 2 is 1.72 bits per heavy atom. The number of rotatable bonds is 6. The highest BCUT2D eigenvalue weighted by molar-refractivity contribution is 5.83. The molecule has 1 amide bonds. The molecule has 0 aromatic heterocycles. The van der Waals surface area contributed by atoms with Gasteiger partial charge in [-0.15, -0.1) is 0 Å². The third-order valence-corrected chi connectivity index (χ3v) is 2.83. The van der Waals surface area contributed by atoms with Crippen LogP contribution in [0.15, 0.2) is 30.3 Å². The van der Waals surface area contributed by atoms with E-state index in [1.807, 2.05) is 49.1 Å². The molecule has 0 atom stereocenters. The Labute approximate surface area is 109 Å². The molecule has 0 radical (unpaired) electrons. The maximum absolute atomic E-state index is 12.1. The summed E-state index contributed by atoms with van der Waals surface area (Å²) in [5.74, 6) is 0.107. The lowest BCUT2D eigenvalue weighted by Crippen LogP contribution is -2.36. The molecule has 0 heterocycles. The topological polar surface area (TPSA) is 37.4 Å². The van der Waals surface area contributed by atoms with Gasteiger partial charge in [0.15, 0.2) is 0 Å². The van der Waals surface area contributed by atoms with Gasteiger partial charge in [-0.3, -0.25) is 4.79 Å². The van der Waals surface area contributed by atoms with Crippen LogP contribution in [0.5, 0.6) is 0 Å². The van der Waals surface area contributed by atoms with Gasteiger partial charge in [0.25, 0.3) is 0 Å². The predicted molar refractivity (Wildman–Crippen MR) is 72.0 cm³/mol. The van der Waals surface area contributed by atoms with E-state index in [4.69, 9.17) is 0 Å². The van der Waals surface area contributed by atoms with E-state index < -0.39 is 0 Å². The summed E-state index contributed by atoms with van der Waals surface area (Å²) in [7, 11) is 0. The number of benzene rings is 1. The van der Waals surface area contributed by atoms with E-state index in [2.05, 4.69) is 0 Å². The highest BCUT2D eigenvalue weighted by Crippen LogP contribution is 2.10. The number of hydrogen-bond acceptors (Lipinski definition) is 2. The third kappa shape index (κ3) is 4.70. The summed E-state index contributed by atoms with van der Waals surface area (Å²) >= 11 is 0. The van der Waals surface area contributed by atoms with E-state index in [1.165, 1.54) is 6.92 Å². The van der Waals surface area contributed by atoms with Crippen molar-refractivity contribution in [2.75, 3.05) is 0 Å². The van der Waals surface area contributed by atoms with Crippen molar-refractivity contribution in [3.63, 3.8) is 0 Å². The van der Waals surface area contributed by atoms with Crippen LogP contribution in [0, 0.1) is 0 Å². The minimum atomic E-state index is 0.0454. The van der Waals surface area contributed by atoms with Gasteiger partial charge in [-0.1, -0.05) is 30.3 Å². The lowest BCUT2D eigenvalue weighted by atomic mass is 10.1. The Morgan fingerprint density at radius 1 is 1.11 bits per heavy atom. The molecule has 0 bridgehead atoms. The van der Waals surface area contributed by atoms with E-state index in [0.29, 0.717) is 19.4 Å². The molecule has 0 N–H and O–H groups in total. The monoisotopic (exact) mass is 247 g/mol. The molecule has 0 spiro atoms. The zero-order valence-corrected chi connectivity index (χ0v) is 11.3. The standard InChI is InChI=1S/C15H21NO2/c1-12(2)16(15(18)10-9-13(3)17)11-14-7-5-4-6-8-14/h4-8,12H,9-11H2,1-3H3. The molecular formula is C15H21NO2. The van der Waals surface area contributed by atoms with E-state index in [-0.39, 0.29) is 17.7 Å². The molecule has 0 saturated carbocycles. The van der Waals surface area contributed by atoms with Crippen LogP contribution in [0.3, 0.4) is 0 Å². The summed E-state index contributed by atoms with van der Waals surface area (Å²) in [6, 6.07) is 10.0. The van der Waals surface area contributed by atoms with Crippen LogP contribution >= 0.6 is 0 Å². The maximum atomic E-state index is 12.1. The summed E-state index contributed by atoms with van der Waals surface area (Å²) in [6.07, 6.45) is 0.636. The highest BCUT2D eigenvalue weighted by atomic mass is 16.2. The van der Waals surface area contributed by atoms with Gasteiger partial charge in [0.05, 0.1) is 0 Å². The van der Waals surface area contributed by atoms with Crippen molar-refractivity contribution >= 4 is 11.7 Å². The van der Waals surface area contributed by atoms with Gasteiger partial charge in [0.1, 0.15) is 5.78 Å². The maximum Gasteiger partial charge on any atom is 0.223 e. The Bertz CT molecular complexity index is 398. The lowest BCUT2D eigenvalue weighted by molar-refractivity contribution is -0.135. The first-order chi connectivity index (χ1) is 8.50. The van der Waals surface area contributed by atoms with Gasteiger partial charge in [0, 0.05) is 25.4 Å². The average molecular weight is 247 g/mol. The van der Waals surface area contributed by atoms with Crippen molar-refractivity contribution in [1.82, 2.24) is 4.90 Å². The minimum absolute atomic E-state index is 0.0454. The summed E-state index contributed by atoms with van der Waals surface area (Å²) in [4.78, 5) is 24.8. The SMILES string of the molecule is CC(=O)CCC(=O)N(Cc1ccccc1)C(C)C. The summed E-state index contributed by atoms with van der Waals surface area (Å²) < 4.78 is 0. The van der Waals surface area contributed by atoms with Gasteiger partial charge >= 0.3 is 0 Å². The Balaban J connectivity index is 2.65. The van der Waals surface area contributed by atoms with Crippen LogP contribution in [-0.4, -0.2) is 22.6 Å². The van der Waals surface area contributed by atoms with Crippen LogP contribution < -0.4 is 0 Å². The molecule has 18 heavy (non-hydrogen) atoms. The molecule has 1 aromatic rings. The molecule has 0 aliphatic carbocycles. The van der Waals surface area contributed by atoms with Crippen LogP contribution in [0.4, 0.5) is 0 Å². The summed E-state index contributed by atoms with van der Waals surface area (Å²) in [5, 5.41) is 0. The summed E-state index contributed by atoms with van der Waals surface area (Å²) in [6.45, 7) is 6.11. The molecular weight excluding hydrogens is 226 g/mol. The van der Waals surface area contributed by atoms with Crippen molar-refractivity contribution < 1.29 is 9.59 Å². The van der Waals surface area contributed by atoms with E-state index >= 15 is 0 Å². The van der Waals surface area contributed by atoms with Crippen molar-refractivity contribution in [2.45, 2.75) is 46.2 Å². The molecule has 3 heteroatoms. The molecule has 0 aliphatic heterocycles. The third-order valence-electron chi connectivity index (χ3n) is 2.83. The molecule has 98 valence electrons. The predicted octanol–water partition coefficient (Wildman–Crippen LogP) is 2.79. The first-order valence-electron chi connectivity index (χ1n) is 6.33. The van der Waals surface area contributed by atoms with Crippen molar-refractivity contribution in [2.24, 2.45) is 0 Å². The number of Topliss-reactive ketones (excluding diaryl/α,β-unsaturated/α-hetero) is 1. The normalized spacial score (nSPS) is 10.4. The second kappa shape index (κ2) is 6.94. The van der Waals surface area contributed by atoms with E-state index in [0.717, 1.165) is 5.56 Å². The number of ketones is 1. The average Bonchev–Trinajstić information content (AvgIpc) is 2.34. The molecule has 1 aromatic carbocycles. The highest BCUT2D eigenvalue weighted by Gasteiger charge is 2.17. The Kier molecular flexibility index (Phi) is 5.56. The van der Waals surface area contributed by atoms with Gasteiger partial charge in [-0.05, 0) is 26.3 Å². The van der Waals surface area contributed by atoms with Crippen LogP contribution in [-0.2, 0) is 16.1 Å². The quantitative estimate of drug-likeness (QED) is 0.775. The van der Waals surface area contributed by atoms with E-state index in [9.17, 15) is 9.59 Å². The second-order valence-corrected chi connectivity index (χ2v) is 4.80. The fourth-order valence-corrected chi connectivity index (χ4v) is 1.77. The fourth-order valence-electron chi connectivity index (χ4n) is 1.77. The first kappa shape index (κ1) is 14.4. The summed E-state index contributed by atoms with van der Waals surface area (Å²) in [5.41, 5.74) is 1.11. The second-order valence-electron chi connectivity index (χ2n) is 4.80. The van der Waals surface area contributed by atoms with Gasteiger partial charge in [-0.25, -0.2) is 0 Å². The van der Waals surface area contributed by atoms with Crippen molar-refractivity contribution in [1.29, 1.82) is 0 Å². The number of carbonyl (C=O) groups excluding carboxylic acids is 2. The Morgan fingerprint density at radius 3 is 2.22 bits per heavy atom. The minimum Gasteiger partial charge on any atom is -0.336 e. The Hall–Kier alpha value is -1.64. The van der Waals surface area contributed by atoms with Gasteiger partial charge in [-0.2, -0.15) is 0 Å². The number of nitrogens with zero attached hydrogens (tertiary/aromatic N) is 1. The fraction of sp³-hybridized carbons (Fsp3) is 0.467. The zero-order valence-electron chi connectivity index (χ0n) is 11.3. The molecule has 3 nitrogen and oxygen atoms in total. The van der Waals surface area contributed by atoms with Crippen LogP contribution in [0.25, 0.3) is 0 Å². The molecule has 1 rings (SSSR count). The molecule has 0 unspecified atom stereocenters. The van der Waals surface area contributed by atoms with E-state index in [1.54, 1.807) is 0 Å². The lowest BCUT2D eigenvalue weighted by Gasteiger charge is -2.27. The molecule has 0 saturated heterocycles. The largest absolute Gasteiger partial charge is 0.336 e. The number of amides is 1. The van der Waals surface area contributed by atoms with Crippen LogP contribution in [0.2, 0.25) is 0 Å². The van der Waals surface area contributed by atoms with Crippen molar-refractivity contribution in [3.05, 3.63) is 35.9 Å². The number of hydrogen-bond donors (Lipinski definition) is 0. The van der Waals surface area contributed by atoms with Gasteiger partial charge < -0.3 is 9.69 Å². The van der Waals surface area contributed by atoms with Crippen molar-refractivity contribution in [3.8, 4) is 0 Å². The van der Waals surface area contributed by atoms with Crippen LogP contribution in [0.1, 0.15) is 39.2 Å². The van der Waals surface area contributed by atoms with Gasteiger partial charge in [0.2, 0.25) is 5.91 Å². The zero-order chi connectivity index (χ0) is 13.5. The molecule has 0 aliphatic rings. The number of carbonyl (C=O) groups is 2. The smallest absolute Gasteiger partial charge is 0.223 e. The first-order valence-corrected chi connectivity index (χ1v) is 6.33. The molecule has 0 fully saturated rings.